The van der Waals surface area contributed by atoms with Gasteiger partial charge in [0.2, 0.25) is 5.88 Å². The first-order chi connectivity index (χ1) is 9.15. The van der Waals surface area contributed by atoms with Crippen molar-refractivity contribution in [3.05, 3.63) is 46.8 Å². The van der Waals surface area contributed by atoms with Gasteiger partial charge < -0.3 is 10.5 Å². The first kappa shape index (κ1) is 14.4. The number of anilines is 1. The molecule has 0 saturated heterocycles. The highest BCUT2D eigenvalue weighted by atomic mass is 16.6. The molecular weight excluding hydrogens is 248 g/mol. The molecule has 0 unspecified atom stereocenters. The highest BCUT2D eigenvalue weighted by Gasteiger charge is 2.05. The summed E-state index contributed by atoms with van der Waals surface area (Å²) in [6.45, 7) is 4.00. The first-order valence-electron chi connectivity index (χ1n) is 5.65. The molecule has 0 aliphatic heterocycles. The topological polar surface area (TPSA) is 104 Å². The predicted octanol–water partition coefficient (Wildman–Crippen LogP) is 2.79. The number of hydrogen-bond donors (Lipinski definition) is 1. The van der Waals surface area contributed by atoms with Gasteiger partial charge in [0.25, 0.3) is 5.69 Å². The minimum absolute atomic E-state index is 0.000415. The smallest absolute Gasteiger partial charge is 0.269 e. The summed E-state index contributed by atoms with van der Waals surface area (Å²) < 4.78 is 5.34. The van der Waals surface area contributed by atoms with Crippen molar-refractivity contribution in [2.45, 2.75) is 13.8 Å². The molecule has 7 heteroatoms. The van der Waals surface area contributed by atoms with Crippen LogP contribution in [-0.4, -0.2) is 14.9 Å². The normalized spacial score (nSPS) is 9.16. The van der Waals surface area contributed by atoms with E-state index in [1.54, 1.807) is 0 Å². The fourth-order valence-corrected chi connectivity index (χ4v) is 1.17. The monoisotopic (exact) mass is 262 g/mol. The molecule has 0 radical (unpaired) electrons. The lowest BCUT2D eigenvalue weighted by molar-refractivity contribution is -0.384. The van der Waals surface area contributed by atoms with E-state index >= 15 is 0 Å². The Bertz CT molecular complexity index is 543. The molecule has 100 valence electrons. The number of rotatable bonds is 3. The second kappa shape index (κ2) is 6.90. The molecule has 1 aromatic heterocycles. The average Bonchev–Trinajstić information content (AvgIpc) is 2.41. The molecule has 1 aromatic carbocycles. The third-order valence-electron chi connectivity index (χ3n) is 1.93. The zero-order chi connectivity index (χ0) is 14.3. The van der Waals surface area contributed by atoms with Crippen molar-refractivity contribution in [2.24, 2.45) is 0 Å². The van der Waals surface area contributed by atoms with Crippen LogP contribution in [0.15, 0.2) is 36.7 Å². The van der Waals surface area contributed by atoms with E-state index in [0.717, 1.165) is 0 Å². The molecule has 7 nitrogen and oxygen atoms in total. The van der Waals surface area contributed by atoms with Crippen LogP contribution in [0.1, 0.15) is 13.8 Å². The van der Waals surface area contributed by atoms with Crippen LogP contribution in [0.25, 0.3) is 0 Å². The predicted molar refractivity (Wildman–Crippen MR) is 71.0 cm³/mol. The number of nitro groups is 1. The van der Waals surface area contributed by atoms with E-state index < -0.39 is 4.92 Å². The largest absolute Gasteiger partial charge is 0.439 e. The average molecular weight is 262 g/mol. The van der Waals surface area contributed by atoms with Crippen molar-refractivity contribution in [3.63, 3.8) is 0 Å². The summed E-state index contributed by atoms with van der Waals surface area (Å²) >= 11 is 0. The van der Waals surface area contributed by atoms with Gasteiger partial charge in [-0.2, -0.15) is 0 Å². The molecule has 0 fully saturated rings. The Morgan fingerprint density at radius 3 is 2.37 bits per heavy atom. The maximum absolute atomic E-state index is 10.4. The van der Waals surface area contributed by atoms with Crippen LogP contribution in [-0.2, 0) is 0 Å². The Labute approximate surface area is 110 Å². The molecular formula is C12H14N4O3. The van der Waals surface area contributed by atoms with Gasteiger partial charge in [0, 0.05) is 18.2 Å². The second-order valence-electron chi connectivity index (χ2n) is 3.13. The summed E-state index contributed by atoms with van der Waals surface area (Å²) in [5.74, 6) is 1.01. The van der Waals surface area contributed by atoms with Gasteiger partial charge in [0.05, 0.1) is 4.92 Å². The molecule has 0 aliphatic carbocycles. The molecule has 1 heterocycles. The maximum atomic E-state index is 10.4. The number of benzene rings is 1. The van der Waals surface area contributed by atoms with E-state index in [0.29, 0.717) is 5.75 Å². The van der Waals surface area contributed by atoms with Crippen LogP contribution in [0.4, 0.5) is 11.5 Å². The Hall–Kier alpha value is -2.70. The molecule has 2 N–H and O–H groups in total. The maximum Gasteiger partial charge on any atom is 0.269 e. The fraction of sp³-hybridized carbons (Fsp3) is 0.167. The van der Waals surface area contributed by atoms with E-state index in [1.165, 1.54) is 36.7 Å². The zero-order valence-corrected chi connectivity index (χ0v) is 10.6. The molecule has 0 bridgehead atoms. The second-order valence-corrected chi connectivity index (χ2v) is 3.13. The standard InChI is InChI=1S/C10H8N4O3.C2H6/c11-9-5-10(13-6-12-9)17-8-3-1-7(2-4-8)14(15)16;1-2/h1-6H,(H2,11,12,13);1-2H3. The molecule has 0 amide bonds. The van der Waals surface area contributed by atoms with Crippen LogP contribution in [0, 0.1) is 10.1 Å². The number of nitro benzene ring substituents is 1. The third-order valence-corrected chi connectivity index (χ3v) is 1.93. The first-order valence-corrected chi connectivity index (χ1v) is 5.65. The summed E-state index contributed by atoms with van der Waals surface area (Å²) in [6, 6.07) is 7.12. The van der Waals surface area contributed by atoms with Crippen molar-refractivity contribution in [2.75, 3.05) is 5.73 Å². The summed E-state index contributed by atoms with van der Waals surface area (Å²) in [6.07, 6.45) is 1.27. The van der Waals surface area contributed by atoms with E-state index in [4.69, 9.17) is 10.5 Å². The Morgan fingerprint density at radius 1 is 1.21 bits per heavy atom. The van der Waals surface area contributed by atoms with Crippen LogP contribution in [0.5, 0.6) is 11.6 Å². The summed E-state index contributed by atoms with van der Waals surface area (Å²) in [5, 5.41) is 10.4. The number of ether oxygens (including phenoxy) is 1. The molecule has 2 rings (SSSR count). The zero-order valence-electron chi connectivity index (χ0n) is 10.6. The summed E-state index contributed by atoms with van der Waals surface area (Å²) in [5.41, 5.74) is 5.46. The van der Waals surface area contributed by atoms with Crippen LogP contribution >= 0.6 is 0 Å². The van der Waals surface area contributed by atoms with Crippen LogP contribution in [0.3, 0.4) is 0 Å². The van der Waals surface area contributed by atoms with Crippen molar-refractivity contribution in [3.8, 4) is 11.6 Å². The van der Waals surface area contributed by atoms with Gasteiger partial charge in [-0.05, 0) is 12.1 Å². The summed E-state index contributed by atoms with van der Waals surface area (Å²) in [4.78, 5) is 17.5. The van der Waals surface area contributed by atoms with Crippen molar-refractivity contribution < 1.29 is 9.66 Å². The molecule has 0 aliphatic rings. The van der Waals surface area contributed by atoms with E-state index in [2.05, 4.69) is 9.97 Å². The Kier molecular flexibility index (Phi) is 5.21. The Balaban J connectivity index is 0.000000861. The minimum Gasteiger partial charge on any atom is -0.439 e. The van der Waals surface area contributed by atoms with Gasteiger partial charge in [-0.15, -0.1) is 0 Å². The van der Waals surface area contributed by atoms with Gasteiger partial charge in [-0.3, -0.25) is 10.1 Å². The molecule has 0 saturated carbocycles. The number of aromatic nitrogens is 2. The van der Waals surface area contributed by atoms with Gasteiger partial charge in [0.15, 0.2) is 0 Å². The molecule has 0 atom stereocenters. The van der Waals surface area contributed by atoms with Crippen LogP contribution in [0.2, 0.25) is 0 Å². The molecule has 19 heavy (non-hydrogen) atoms. The highest BCUT2D eigenvalue weighted by Crippen LogP contribution is 2.22. The lowest BCUT2D eigenvalue weighted by atomic mass is 10.3. The lowest BCUT2D eigenvalue weighted by Gasteiger charge is -2.03. The number of nitrogens with zero attached hydrogens (tertiary/aromatic N) is 3. The van der Waals surface area contributed by atoms with E-state index in [1.807, 2.05) is 13.8 Å². The van der Waals surface area contributed by atoms with Crippen molar-refractivity contribution >= 4 is 11.5 Å². The number of nitrogens with two attached hydrogens (primary N) is 1. The Morgan fingerprint density at radius 2 is 1.84 bits per heavy atom. The van der Waals surface area contributed by atoms with E-state index in [9.17, 15) is 10.1 Å². The lowest BCUT2D eigenvalue weighted by Crippen LogP contribution is -1.94. The molecule has 0 spiro atoms. The number of nitrogen functional groups attached to an aromatic ring is 1. The van der Waals surface area contributed by atoms with E-state index in [-0.39, 0.29) is 17.4 Å². The van der Waals surface area contributed by atoms with Crippen LogP contribution < -0.4 is 10.5 Å². The number of non-ortho nitro benzene ring substituents is 1. The van der Waals surface area contributed by atoms with Crippen molar-refractivity contribution in [1.82, 2.24) is 9.97 Å². The minimum atomic E-state index is -0.480. The quantitative estimate of drug-likeness (QED) is 0.673. The third kappa shape index (κ3) is 4.23. The summed E-state index contributed by atoms with van der Waals surface area (Å²) in [7, 11) is 0. The van der Waals surface area contributed by atoms with Gasteiger partial charge in [0.1, 0.15) is 17.9 Å². The highest BCUT2D eigenvalue weighted by molar-refractivity contribution is 5.39. The van der Waals surface area contributed by atoms with Gasteiger partial charge in [-0.25, -0.2) is 9.97 Å². The van der Waals surface area contributed by atoms with Crippen molar-refractivity contribution in [1.29, 1.82) is 0 Å². The number of hydrogen-bond acceptors (Lipinski definition) is 6. The fourth-order valence-electron chi connectivity index (χ4n) is 1.17. The SMILES string of the molecule is CC.Nc1cc(Oc2ccc([N+](=O)[O-])cc2)ncn1. The van der Waals surface area contributed by atoms with Gasteiger partial charge >= 0.3 is 0 Å². The van der Waals surface area contributed by atoms with Gasteiger partial charge in [-0.1, -0.05) is 13.8 Å². The molecule has 2 aromatic rings.